The van der Waals surface area contributed by atoms with Crippen molar-refractivity contribution in [2.75, 3.05) is 13.2 Å². The van der Waals surface area contributed by atoms with Crippen LogP contribution in [0.1, 0.15) is 12.8 Å². The molecule has 2 atom stereocenters. The summed E-state index contributed by atoms with van der Waals surface area (Å²) >= 11 is 0. The van der Waals surface area contributed by atoms with Gasteiger partial charge in [0.25, 0.3) is 0 Å². The lowest BCUT2D eigenvalue weighted by Gasteiger charge is -2.15. The molecular formula is C11H18N2O9. The molecule has 0 saturated heterocycles. The molecule has 2 unspecified atom stereocenters. The van der Waals surface area contributed by atoms with Gasteiger partial charge in [-0.2, -0.15) is 0 Å². The van der Waals surface area contributed by atoms with E-state index in [1.807, 2.05) is 0 Å². The molecule has 11 heteroatoms. The topological polar surface area (TPSA) is 199 Å². The van der Waals surface area contributed by atoms with Gasteiger partial charge in [-0.05, 0) is 0 Å². The van der Waals surface area contributed by atoms with E-state index in [2.05, 4.69) is 9.47 Å². The van der Waals surface area contributed by atoms with Crippen molar-refractivity contribution in [2.24, 2.45) is 11.5 Å². The number of aliphatic hydroxyl groups excluding tert-OH is 1. The number of aliphatic carboxylic acids is 2. The highest BCUT2D eigenvalue weighted by atomic mass is 16.6. The fourth-order valence-electron chi connectivity index (χ4n) is 1.16. The van der Waals surface area contributed by atoms with E-state index in [0.29, 0.717) is 0 Å². The fraction of sp³-hybridized carbons (Fsp3) is 0.636. The summed E-state index contributed by atoms with van der Waals surface area (Å²) in [6, 6.07) is -2.76. The molecule has 0 spiro atoms. The Morgan fingerprint density at radius 2 is 1.14 bits per heavy atom. The van der Waals surface area contributed by atoms with Crippen LogP contribution >= 0.6 is 0 Å². The standard InChI is InChI=1S/C11H18N2O9/c12-6(1-8(15)16)10(19)21-3-5(14)4-22-11(20)7(13)2-9(17)18/h5-7,14H,1-4,12-13H2,(H,15,16)(H,17,18). The molecule has 0 amide bonds. The van der Waals surface area contributed by atoms with Crippen LogP contribution in [0.15, 0.2) is 0 Å². The van der Waals surface area contributed by atoms with Gasteiger partial charge in [0.2, 0.25) is 0 Å². The maximum absolute atomic E-state index is 11.2. The summed E-state index contributed by atoms with van der Waals surface area (Å²) in [5.41, 5.74) is 10.4. The summed E-state index contributed by atoms with van der Waals surface area (Å²) in [7, 11) is 0. The summed E-state index contributed by atoms with van der Waals surface area (Å²) < 4.78 is 9.06. The second-order valence-electron chi connectivity index (χ2n) is 4.32. The van der Waals surface area contributed by atoms with Crippen molar-refractivity contribution in [3.63, 3.8) is 0 Å². The number of carbonyl (C=O) groups excluding carboxylic acids is 2. The molecule has 0 radical (unpaired) electrons. The van der Waals surface area contributed by atoms with Crippen LogP contribution in [0.3, 0.4) is 0 Å². The van der Waals surface area contributed by atoms with Crippen molar-refractivity contribution in [1.82, 2.24) is 0 Å². The SMILES string of the molecule is NC(CC(=O)O)C(=O)OCC(O)COC(=O)C(N)CC(=O)O. The molecule has 22 heavy (non-hydrogen) atoms. The van der Waals surface area contributed by atoms with Crippen molar-refractivity contribution in [3.8, 4) is 0 Å². The summed E-state index contributed by atoms with van der Waals surface area (Å²) in [5, 5.41) is 26.2. The predicted molar refractivity (Wildman–Crippen MR) is 68.4 cm³/mol. The third-order valence-electron chi connectivity index (χ3n) is 2.23. The van der Waals surface area contributed by atoms with Gasteiger partial charge in [0, 0.05) is 0 Å². The van der Waals surface area contributed by atoms with Crippen molar-refractivity contribution >= 4 is 23.9 Å². The van der Waals surface area contributed by atoms with E-state index in [9.17, 15) is 24.3 Å². The number of hydrogen-bond acceptors (Lipinski definition) is 9. The predicted octanol–water partition coefficient (Wildman–Crippen LogP) is -2.96. The summed E-state index contributed by atoms with van der Waals surface area (Å²) in [6.07, 6.45) is -2.65. The number of hydrogen-bond donors (Lipinski definition) is 5. The average molecular weight is 322 g/mol. The van der Waals surface area contributed by atoms with Crippen molar-refractivity contribution in [2.45, 2.75) is 31.0 Å². The van der Waals surface area contributed by atoms with E-state index >= 15 is 0 Å². The van der Waals surface area contributed by atoms with Crippen LogP contribution < -0.4 is 11.5 Å². The van der Waals surface area contributed by atoms with Gasteiger partial charge in [-0.1, -0.05) is 0 Å². The number of carbonyl (C=O) groups is 4. The van der Waals surface area contributed by atoms with Gasteiger partial charge in [0.1, 0.15) is 31.4 Å². The van der Waals surface area contributed by atoms with E-state index in [0.717, 1.165) is 0 Å². The number of esters is 2. The maximum atomic E-state index is 11.2. The van der Waals surface area contributed by atoms with Crippen molar-refractivity contribution < 1.29 is 44.0 Å². The van der Waals surface area contributed by atoms with Crippen LogP contribution in [0, 0.1) is 0 Å². The van der Waals surface area contributed by atoms with Crippen molar-refractivity contribution in [1.29, 1.82) is 0 Å². The fourth-order valence-corrected chi connectivity index (χ4v) is 1.16. The van der Waals surface area contributed by atoms with E-state index < -0.39 is 68.1 Å². The summed E-state index contributed by atoms with van der Waals surface area (Å²) in [6.45, 7) is -1.15. The van der Waals surface area contributed by atoms with Gasteiger partial charge in [-0.3, -0.25) is 19.2 Å². The molecule has 0 bridgehead atoms. The van der Waals surface area contributed by atoms with Gasteiger partial charge < -0.3 is 36.3 Å². The molecule has 0 aromatic rings. The number of nitrogens with two attached hydrogens (primary N) is 2. The quantitative estimate of drug-likeness (QED) is 0.257. The second kappa shape index (κ2) is 9.65. The van der Waals surface area contributed by atoms with E-state index in [1.165, 1.54) is 0 Å². The molecule has 7 N–H and O–H groups in total. The number of rotatable bonds is 10. The minimum absolute atomic E-state index is 0.576. The lowest BCUT2D eigenvalue weighted by atomic mass is 10.2. The van der Waals surface area contributed by atoms with Gasteiger partial charge in [-0.15, -0.1) is 0 Å². The third kappa shape index (κ3) is 8.84. The molecule has 0 heterocycles. The third-order valence-corrected chi connectivity index (χ3v) is 2.23. The first-order valence-electron chi connectivity index (χ1n) is 6.09. The lowest BCUT2D eigenvalue weighted by molar-refractivity contribution is -0.157. The van der Waals surface area contributed by atoms with Gasteiger partial charge in [0.05, 0.1) is 12.8 Å². The maximum Gasteiger partial charge on any atom is 0.323 e. The minimum atomic E-state index is -1.39. The van der Waals surface area contributed by atoms with Crippen molar-refractivity contribution in [3.05, 3.63) is 0 Å². The molecule has 0 rings (SSSR count). The Balaban J connectivity index is 4.02. The Kier molecular flexibility index (Phi) is 8.67. The molecule has 0 aliphatic carbocycles. The normalized spacial score (nSPS) is 14.5. The Hall–Kier alpha value is -2.24. The Labute approximate surface area is 124 Å². The van der Waals surface area contributed by atoms with Crippen LogP contribution in [-0.4, -0.2) is 70.6 Å². The number of carboxylic acid groups (broad SMARTS) is 2. The lowest BCUT2D eigenvalue weighted by Crippen LogP contribution is -2.38. The van der Waals surface area contributed by atoms with Crippen LogP contribution in [-0.2, 0) is 28.7 Å². The minimum Gasteiger partial charge on any atom is -0.481 e. The van der Waals surface area contributed by atoms with Crippen LogP contribution in [0.4, 0.5) is 0 Å². The zero-order chi connectivity index (χ0) is 17.3. The largest absolute Gasteiger partial charge is 0.481 e. The average Bonchev–Trinajstić information content (AvgIpc) is 2.40. The monoisotopic (exact) mass is 322 g/mol. The highest BCUT2D eigenvalue weighted by molar-refractivity contribution is 5.82. The summed E-state index contributed by atoms with van der Waals surface area (Å²) in [5.74, 6) is -4.64. The molecule has 126 valence electrons. The zero-order valence-electron chi connectivity index (χ0n) is 11.5. The Morgan fingerprint density at radius 1 is 0.818 bits per heavy atom. The number of aliphatic hydroxyl groups is 1. The molecule has 0 aliphatic heterocycles. The van der Waals surface area contributed by atoms with Crippen LogP contribution in [0.5, 0.6) is 0 Å². The van der Waals surface area contributed by atoms with Gasteiger partial charge in [0.15, 0.2) is 0 Å². The zero-order valence-corrected chi connectivity index (χ0v) is 11.5. The van der Waals surface area contributed by atoms with E-state index in [-0.39, 0.29) is 0 Å². The first-order valence-corrected chi connectivity index (χ1v) is 6.09. The highest BCUT2D eigenvalue weighted by Crippen LogP contribution is 1.97. The smallest absolute Gasteiger partial charge is 0.323 e. The molecule has 0 aliphatic rings. The molecule has 0 aromatic carbocycles. The van der Waals surface area contributed by atoms with Gasteiger partial charge >= 0.3 is 23.9 Å². The van der Waals surface area contributed by atoms with Crippen LogP contribution in [0.25, 0.3) is 0 Å². The summed E-state index contributed by atoms with van der Waals surface area (Å²) in [4.78, 5) is 43.1. The number of ether oxygens (including phenoxy) is 2. The Bertz CT molecular complexity index is 388. The van der Waals surface area contributed by atoms with E-state index in [4.69, 9.17) is 21.7 Å². The molecule has 0 fully saturated rings. The van der Waals surface area contributed by atoms with Gasteiger partial charge in [-0.25, -0.2) is 0 Å². The molecular weight excluding hydrogens is 304 g/mol. The van der Waals surface area contributed by atoms with Crippen LogP contribution in [0.2, 0.25) is 0 Å². The molecule has 0 saturated carbocycles. The highest BCUT2D eigenvalue weighted by Gasteiger charge is 2.22. The molecule has 11 nitrogen and oxygen atoms in total. The molecule has 0 aromatic heterocycles. The number of carboxylic acids is 2. The second-order valence-corrected chi connectivity index (χ2v) is 4.32. The Morgan fingerprint density at radius 3 is 1.41 bits per heavy atom. The first-order chi connectivity index (χ1) is 10.1. The van der Waals surface area contributed by atoms with E-state index in [1.54, 1.807) is 0 Å². The first kappa shape index (κ1) is 19.8.